The van der Waals surface area contributed by atoms with E-state index in [4.69, 9.17) is 4.52 Å². The van der Waals surface area contributed by atoms with E-state index in [-0.39, 0.29) is 37.1 Å². The van der Waals surface area contributed by atoms with Crippen LogP contribution in [0, 0.1) is 0 Å². The van der Waals surface area contributed by atoms with Gasteiger partial charge in [0, 0.05) is 56.4 Å². The van der Waals surface area contributed by atoms with Crippen LogP contribution in [0.3, 0.4) is 0 Å². The molecule has 1 aromatic carbocycles. The number of amides is 2. The fourth-order valence-corrected chi connectivity index (χ4v) is 3.91. The number of nitrogens with one attached hydrogen (secondary N) is 1. The van der Waals surface area contributed by atoms with Gasteiger partial charge in [-0.25, -0.2) is 0 Å². The Balaban J connectivity index is 1.20. The van der Waals surface area contributed by atoms with E-state index in [1.54, 1.807) is 23.4 Å². The van der Waals surface area contributed by atoms with Gasteiger partial charge in [-0.1, -0.05) is 17.3 Å². The van der Waals surface area contributed by atoms with Crippen molar-refractivity contribution in [2.24, 2.45) is 0 Å². The fraction of sp³-hybridized carbons (Fsp3) is 0.375. The number of aromatic nitrogens is 3. The highest BCUT2D eigenvalue weighted by Crippen LogP contribution is 2.30. The van der Waals surface area contributed by atoms with Crippen LogP contribution < -0.4 is 5.32 Å². The molecule has 11 heteroatoms. The number of carbonyl (C=O) groups excluding carboxylic acids is 2. The van der Waals surface area contributed by atoms with E-state index in [2.05, 4.69) is 20.4 Å². The summed E-state index contributed by atoms with van der Waals surface area (Å²) in [6.07, 6.45) is 0.221. The Morgan fingerprint density at radius 1 is 1.11 bits per heavy atom. The molecule has 0 unspecified atom stereocenters. The Kier molecular flexibility index (Phi) is 7.42. The lowest BCUT2D eigenvalue weighted by molar-refractivity contribution is -0.137. The largest absolute Gasteiger partial charge is 0.416 e. The van der Waals surface area contributed by atoms with E-state index in [1.807, 2.05) is 6.07 Å². The first-order chi connectivity index (χ1) is 16.8. The highest BCUT2D eigenvalue weighted by atomic mass is 19.4. The summed E-state index contributed by atoms with van der Waals surface area (Å²) in [6.45, 7) is 0.994. The summed E-state index contributed by atoms with van der Waals surface area (Å²) >= 11 is 0. The minimum absolute atomic E-state index is 0.0319. The number of benzene rings is 1. The molecule has 1 fully saturated rings. The zero-order valence-electron chi connectivity index (χ0n) is 18.8. The van der Waals surface area contributed by atoms with Gasteiger partial charge in [-0.3, -0.25) is 14.6 Å². The maximum Gasteiger partial charge on any atom is 0.416 e. The van der Waals surface area contributed by atoms with Crippen LogP contribution in [-0.4, -0.2) is 44.9 Å². The number of halogens is 3. The van der Waals surface area contributed by atoms with Crippen LogP contribution >= 0.6 is 0 Å². The third kappa shape index (κ3) is 6.43. The monoisotopic (exact) mass is 487 g/mol. The highest BCUT2D eigenvalue weighted by Gasteiger charge is 2.30. The number of hydrogen-bond donors (Lipinski definition) is 1. The molecular formula is C24H24F3N5O3. The molecule has 1 aliphatic heterocycles. The number of rotatable bonds is 7. The minimum Gasteiger partial charge on any atom is -0.352 e. The third-order valence-corrected chi connectivity index (χ3v) is 5.87. The topological polar surface area (TPSA) is 101 Å². The average Bonchev–Trinajstić information content (AvgIpc) is 3.37. The Hall–Kier alpha value is -3.76. The summed E-state index contributed by atoms with van der Waals surface area (Å²) in [5.41, 5.74) is 0.340. The standard InChI is InChI=1S/C24H24F3N5O3/c25-24(26,27)19-5-1-3-16(13-19)14-29-20(33)6-7-21(34)32-11-8-17(9-12-32)23-30-22(31-35-23)18-4-2-10-28-15-18/h1-5,10,13,15,17H,6-9,11-12,14H2,(H,29,33). The highest BCUT2D eigenvalue weighted by molar-refractivity contribution is 5.83. The number of piperidine rings is 1. The number of likely N-dealkylation sites (tertiary alicyclic amines) is 1. The second-order valence-electron chi connectivity index (χ2n) is 8.33. The summed E-state index contributed by atoms with van der Waals surface area (Å²) in [4.78, 5) is 34.8. The predicted octanol–water partition coefficient (Wildman–Crippen LogP) is 3.95. The minimum atomic E-state index is -4.44. The van der Waals surface area contributed by atoms with Crippen molar-refractivity contribution in [3.05, 3.63) is 65.8 Å². The molecule has 1 aliphatic rings. The molecule has 4 rings (SSSR count). The van der Waals surface area contributed by atoms with Gasteiger partial charge in [0.1, 0.15) is 0 Å². The van der Waals surface area contributed by atoms with Gasteiger partial charge >= 0.3 is 6.18 Å². The van der Waals surface area contributed by atoms with Crippen molar-refractivity contribution in [1.29, 1.82) is 0 Å². The molecule has 0 aliphatic carbocycles. The van der Waals surface area contributed by atoms with Crippen LogP contribution in [0.5, 0.6) is 0 Å². The normalized spacial score (nSPS) is 14.7. The van der Waals surface area contributed by atoms with Crippen molar-refractivity contribution >= 4 is 11.8 Å². The molecule has 0 spiro atoms. The van der Waals surface area contributed by atoms with Crippen molar-refractivity contribution in [1.82, 2.24) is 25.3 Å². The van der Waals surface area contributed by atoms with E-state index < -0.39 is 11.7 Å². The van der Waals surface area contributed by atoms with E-state index in [9.17, 15) is 22.8 Å². The maximum absolute atomic E-state index is 12.8. The first kappa shape index (κ1) is 24.4. The van der Waals surface area contributed by atoms with Crippen molar-refractivity contribution in [2.45, 2.75) is 44.3 Å². The maximum atomic E-state index is 12.8. The van der Waals surface area contributed by atoms with Crippen molar-refractivity contribution in [2.75, 3.05) is 13.1 Å². The first-order valence-electron chi connectivity index (χ1n) is 11.2. The number of hydrogen-bond acceptors (Lipinski definition) is 6. The molecule has 0 radical (unpaired) electrons. The molecule has 2 aromatic heterocycles. The summed E-state index contributed by atoms with van der Waals surface area (Å²) < 4.78 is 43.8. The number of alkyl halides is 3. The zero-order valence-corrected chi connectivity index (χ0v) is 18.8. The summed E-state index contributed by atoms with van der Waals surface area (Å²) in [6, 6.07) is 8.42. The predicted molar refractivity (Wildman–Crippen MR) is 119 cm³/mol. The van der Waals surface area contributed by atoms with Gasteiger partial charge in [0.2, 0.25) is 23.5 Å². The molecule has 0 atom stereocenters. The van der Waals surface area contributed by atoms with E-state index in [1.165, 1.54) is 12.1 Å². The molecular weight excluding hydrogens is 463 g/mol. The van der Waals surface area contributed by atoms with Crippen molar-refractivity contribution in [3.63, 3.8) is 0 Å². The van der Waals surface area contributed by atoms with Crippen LogP contribution in [0.15, 0.2) is 53.3 Å². The van der Waals surface area contributed by atoms with Gasteiger partial charge in [-0.15, -0.1) is 0 Å². The Bertz CT molecular complexity index is 1160. The molecule has 1 N–H and O–H groups in total. The second-order valence-corrected chi connectivity index (χ2v) is 8.33. The Morgan fingerprint density at radius 3 is 2.63 bits per heavy atom. The number of pyridine rings is 1. The summed E-state index contributed by atoms with van der Waals surface area (Å²) in [7, 11) is 0. The molecule has 184 valence electrons. The van der Waals surface area contributed by atoms with Crippen molar-refractivity contribution < 1.29 is 27.3 Å². The van der Waals surface area contributed by atoms with Gasteiger partial charge in [0.25, 0.3) is 0 Å². The molecule has 8 nitrogen and oxygen atoms in total. The van der Waals surface area contributed by atoms with Gasteiger partial charge < -0.3 is 14.7 Å². The Labute approximate surface area is 199 Å². The molecule has 0 saturated carbocycles. The van der Waals surface area contributed by atoms with Crippen LogP contribution in [0.4, 0.5) is 13.2 Å². The van der Waals surface area contributed by atoms with Crippen LogP contribution in [0.2, 0.25) is 0 Å². The number of nitrogens with zero attached hydrogens (tertiary/aromatic N) is 4. The smallest absolute Gasteiger partial charge is 0.352 e. The summed E-state index contributed by atoms with van der Waals surface area (Å²) in [5, 5.41) is 6.59. The van der Waals surface area contributed by atoms with Gasteiger partial charge in [0.15, 0.2) is 0 Å². The van der Waals surface area contributed by atoms with Gasteiger partial charge in [0.05, 0.1) is 5.56 Å². The third-order valence-electron chi connectivity index (χ3n) is 5.87. The van der Waals surface area contributed by atoms with E-state index >= 15 is 0 Å². The van der Waals surface area contributed by atoms with Gasteiger partial charge in [-0.05, 0) is 42.7 Å². The number of carbonyl (C=O) groups is 2. The molecule has 35 heavy (non-hydrogen) atoms. The second kappa shape index (κ2) is 10.7. The molecule has 0 bridgehead atoms. The lowest BCUT2D eigenvalue weighted by Gasteiger charge is -2.30. The molecule has 2 amide bonds. The fourth-order valence-electron chi connectivity index (χ4n) is 3.91. The summed E-state index contributed by atoms with van der Waals surface area (Å²) in [5.74, 6) is 0.527. The zero-order chi connectivity index (χ0) is 24.8. The van der Waals surface area contributed by atoms with E-state index in [0.717, 1.165) is 17.7 Å². The van der Waals surface area contributed by atoms with Crippen molar-refractivity contribution in [3.8, 4) is 11.4 Å². The van der Waals surface area contributed by atoms with Crippen LogP contribution in [0.25, 0.3) is 11.4 Å². The molecule has 3 heterocycles. The average molecular weight is 487 g/mol. The molecule has 3 aromatic rings. The first-order valence-corrected chi connectivity index (χ1v) is 11.2. The van der Waals surface area contributed by atoms with Crippen LogP contribution in [0.1, 0.15) is 48.6 Å². The quantitative estimate of drug-likeness (QED) is 0.542. The lowest BCUT2D eigenvalue weighted by atomic mass is 9.96. The molecule has 1 saturated heterocycles. The van der Waals surface area contributed by atoms with E-state index in [0.29, 0.717) is 43.2 Å². The lowest BCUT2D eigenvalue weighted by Crippen LogP contribution is -2.38. The van der Waals surface area contributed by atoms with Gasteiger partial charge in [-0.2, -0.15) is 18.2 Å². The Morgan fingerprint density at radius 2 is 1.91 bits per heavy atom. The van der Waals surface area contributed by atoms with Crippen LogP contribution in [-0.2, 0) is 22.3 Å². The SMILES string of the molecule is O=C(CCC(=O)N1CCC(c2nc(-c3cccnc3)no2)CC1)NCc1cccc(C(F)(F)F)c1.